The van der Waals surface area contributed by atoms with Gasteiger partial charge in [0.15, 0.2) is 0 Å². The summed E-state index contributed by atoms with van der Waals surface area (Å²) in [5, 5.41) is 3.26. The van der Waals surface area contributed by atoms with E-state index in [0.717, 1.165) is 45.9 Å². The summed E-state index contributed by atoms with van der Waals surface area (Å²) in [6, 6.07) is 21.9. The van der Waals surface area contributed by atoms with E-state index in [2.05, 4.69) is 31.3 Å². The molecule has 5 heteroatoms. The molecule has 3 aromatic carbocycles. The van der Waals surface area contributed by atoms with E-state index in [1.54, 1.807) is 11.8 Å². The normalized spacial score (nSPS) is 19.7. The number of nitrogens with zero attached hydrogens (tertiary/aromatic N) is 1. The summed E-state index contributed by atoms with van der Waals surface area (Å²) in [5.74, 6) is 0.392. The average Bonchev–Trinajstić information content (AvgIpc) is 2.96. The van der Waals surface area contributed by atoms with Crippen molar-refractivity contribution in [1.82, 2.24) is 5.32 Å². The van der Waals surface area contributed by atoms with Gasteiger partial charge < -0.3 is 10.2 Å². The Kier molecular flexibility index (Phi) is 6.46. The van der Waals surface area contributed by atoms with Gasteiger partial charge >= 0.3 is 0 Å². The average molecular weight is 471 g/mol. The van der Waals surface area contributed by atoms with Crippen LogP contribution in [0.15, 0.2) is 76.5 Å². The molecule has 4 nitrogen and oxygen atoms in total. The molecule has 0 saturated heterocycles. The van der Waals surface area contributed by atoms with Crippen LogP contribution in [0.25, 0.3) is 0 Å². The number of aryl methyl sites for hydroxylation is 1. The highest BCUT2D eigenvalue weighted by atomic mass is 32.2. The molecule has 3 aromatic rings. The molecule has 174 valence electrons. The van der Waals surface area contributed by atoms with Crippen molar-refractivity contribution in [1.29, 1.82) is 0 Å². The lowest BCUT2D eigenvalue weighted by atomic mass is 9.86. The van der Waals surface area contributed by atoms with Gasteiger partial charge in [-0.3, -0.25) is 9.59 Å². The topological polar surface area (TPSA) is 49.4 Å². The maximum atomic E-state index is 13.8. The van der Waals surface area contributed by atoms with Crippen molar-refractivity contribution in [2.75, 3.05) is 4.90 Å². The van der Waals surface area contributed by atoms with Crippen LogP contribution < -0.4 is 10.2 Å². The van der Waals surface area contributed by atoms with Gasteiger partial charge in [0.05, 0.1) is 17.8 Å². The van der Waals surface area contributed by atoms with Crippen molar-refractivity contribution < 1.29 is 9.59 Å². The van der Waals surface area contributed by atoms with Gasteiger partial charge in [0.1, 0.15) is 0 Å². The molecular formula is C29H30N2O2S. The molecule has 2 atom stereocenters. The highest BCUT2D eigenvalue weighted by molar-refractivity contribution is 7.99. The number of hydrogen-bond donors (Lipinski definition) is 1. The van der Waals surface area contributed by atoms with Crippen LogP contribution in [0.4, 0.5) is 5.69 Å². The van der Waals surface area contributed by atoms with E-state index >= 15 is 0 Å². The summed E-state index contributed by atoms with van der Waals surface area (Å²) in [6.45, 7) is 4.74. The third-order valence-corrected chi connectivity index (χ3v) is 8.25. The molecule has 1 N–H and O–H groups in total. The molecule has 1 aliphatic carbocycles. The van der Waals surface area contributed by atoms with Crippen molar-refractivity contribution in [2.45, 2.75) is 61.9 Å². The predicted molar refractivity (Wildman–Crippen MR) is 138 cm³/mol. The molecule has 34 heavy (non-hydrogen) atoms. The van der Waals surface area contributed by atoms with Crippen LogP contribution in [0.5, 0.6) is 0 Å². The minimum atomic E-state index is -0.0587. The summed E-state index contributed by atoms with van der Waals surface area (Å²) in [6.07, 6.45) is 4.58. The fourth-order valence-corrected chi connectivity index (χ4v) is 6.02. The zero-order valence-electron chi connectivity index (χ0n) is 19.7. The maximum Gasteiger partial charge on any atom is 0.259 e. The molecule has 2 aliphatic rings. The second kappa shape index (κ2) is 9.67. The number of carbonyl (C=O) groups is 2. The highest BCUT2D eigenvalue weighted by Crippen LogP contribution is 2.42. The Labute approximate surface area is 205 Å². The Balaban J connectivity index is 1.53. The summed E-state index contributed by atoms with van der Waals surface area (Å²) >= 11 is 1.59. The van der Waals surface area contributed by atoms with Crippen LogP contribution >= 0.6 is 11.8 Å². The number of benzene rings is 3. The second-order valence-corrected chi connectivity index (χ2v) is 10.5. The summed E-state index contributed by atoms with van der Waals surface area (Å²) in [4.78, 5) is 30.7. The number of nitrogens with one attached hydrogen (secondary N) is 1. The van der Waals surface area contributed by atoms with Crippen LogP contribution in [-0.2, 0) is 6.54 Å². The Hall–Kier alpha value is -3.05. The van der Waals surface area contributed by atoms with Crippen molar-refractivity contribution in [3.8, 4) is 0 Å². The SMILES string of the molecule is Cc1ccccc1CN1C(=O)c2ccccc2Sc2ccc(C(=O)N[C@@H]3CCCC[C@@H]3C)cc21. The zero-order chi connectivity index (χ0) is 23.7. The first-order valence-corrected chi connectivity index (χ1v) is 12.9. The maximum absolute atomic E-state index is 13.8. The monoisotopic (exact) mass is 470 g/mol. The predicted octanol–water partition coefficient (Wildman–Crippen LogP) is 6.62. The van der Waals surface area contributed by atoms with Crippen LogP contribution in [0, 0.1) is 12.8 Å². The number of hydrogen-bond acceptors (Lipinski definition) is 3. The van der Waals surface area contributed by atoms with Gasteiger partial charge in [0.25, 0.3) is 11.8 Å². The number of anilines is 1. The van der Waals surface area contributed by atoms with Crippen molar-refractivity contribution in [3.05, 3.63) is 89.0 Å². The highest BCUT2D eigenvalue weighted by Gasteiger charge is 2.29. The van der Waals surface area contributed by atoms with Crippen LogP contribution in [0.1, 0.15) is 64.4 Å². The van der Waals surface area contributed by atoms with Crippen molar-refractivity contribution in [2.24, 2.45) is 5.92 Å². The Morgan fingerprint density at radius 2 is 1.76 bits per heavy atom. The van der Waals surface area contributed by atoms with E-state index in [1.165, 1.54) is 6.42 Å². The number of carbonyl (C=O) groups excluding carboxylic acids is 2. The largest absolute Gasteiger partial charge is 0.349 e. The van der Waals surface area contributed by atoms with Crippen molar-refractivity contribution in [3.63, 3.8) is 0 Å². The first-order chi connectivity index (χ1) is 16.5. The number of amides is 2. The quantitative estimate of drug-likeness (QED) is 0.466. The molecule has 5 rings (SSSR count). The molecule has 0 bridgehead atoms. The molecule has 0 unspecified atom stereocenters. The molecule has 1 fully saturated rings. The first kappa shape index (κ1) is 22.7. The molecule has 1 heterocycles. The summed E-state index contributed by atoms with van der Waals surface area (Å²) in [7, 11) is 0. The number of fused-ring (bicyclic) bond motifs is 2. The van der Waals surface area contributed by atoms with Gasteiger partial charge in [0, 0.05) is 21.4 Å². The summed E-state index contributed by atoms with van der Waals surface area (Å²) in [5.41, 5.74) is 4.32. The minimum absolute atomic E-state index is 0.0384. The van der Waals surface area contributed by atoms with E-state index in [0.29, 0.717) is 23.6 Å². The molecule has 0 radical (unpaired) electrons. The van der Waals surface area contributed by atoms with Crippen LogP contribution in [-0.4, -0.2) is 17.9 Å². The molecule has 1 saturated carbocycles. The molecule has 0 spiro atoms. The Morgan fingerprint density at radius 1 is 1.00 bits per heavy atom. The second-order valence-electron chi connectivity index (χ2n) is 9.44. The van der Waals surface area contributed by atoms with Gasteiger partial charge in [-0.2, -0.15) is 0 Å². The minimum Gasteiger partial charge on any atom is -0.349 e. The standard InChI is InChI=1S/C29H30N2O2S/c1-19-9-3-5-11-22(19)18-31-25-17-21(28(32)30-24-13-7-4-10-20(24)2)15-16-27(25)34-26-14-8-6-12-23(26)29(31)33/h3,5-6,8-9,11-12,14-17,20,24H,4,7,10,13,18H2,1-2H3,(H,30,32)/t20-,24+/m0/s1. The third kappa shape index (κ3) is 4.49. The van der Waals surface area contributed by atoms with E-state index < -0.39 is 0 Å². The van der Waals surface area contributed by atoms with Gasteiger partial charge in [0.2, 0.25) is 0 Å². The first-order valence-electron chi connectivity index (χ1n) is 12.1. The molecule has 2 amide bonds. The van der Waals surface area contributed by atoms with Gasteiger partial charge in [-0.05, 0) is 67.1 Å². The van der Waals surface area contributed by atoms with Gasteiger partial charge in [-0.15, -0.1) is 0 Å². The fourth-order valence-electron chi connectivity index (χ4n) is 4.96. The van der Waals surface area contributed by atoms with E-state index in [1.807, 2.05) is 59.5 Å². The zero-order valence-corrected chi connectivity index (χ0v) is 20.5. The molecular weight excluding hydrogens is 440 g/mol. The van der Waals surface area contributed by atoms with Crippen molar-refractivity contribution >= 4 is 29.3 Å². The van der Waals surface area contributed by atoms with Gasteiger partial charge in [-0.1, -0.05) is 67.9 Å². The smallest absolute Gasteiger partial charge is 0.259 e. The lowest BCUT2D eigenvalue weighted by Gasteiger charge is -2.29. The fraction of sp³-hybridized carbons (Fsp3) is 0.310. The van der Waals surface area contributed by atoms with Crippen LogP contribution in [0.3, 0.4) is 0 Å². The summed E-state index contributed by atoms with van der Waals surface area (Å²) < 4.78 is 0. The van der Waals surface area contributed by atoms with E-state index in [4.69, 9.17) is 0 Å². The lowest BCUT2D eigenvalue weighted by Crippen LogP contribution is -2.41. The molecule has 0 aromatic heterocycles. The Bertz CT molecular complexity index is 1240. The van der Waals surface area contributed by atoms with Gasteiger partial charge in [-0.25, -0.2) is 0 Å². The number of rotatable bonds is 4. The molecule has 1 aliphatic heterocycles. The lowest BCUT2D eigenvalue weighted by molar-refractivity contribution is 0.0908. The van der Waals surface area contributed by atoms with E-state index in [-0.39, 0.29) is 17.9 Å². The van der Waals surface area contributed by atoms with E-state index in [9.17, 15) is 9.59 Å². The van der Waals surface area contributed by atoms with Crippen LogP contribution in [0.2, 0.25) is 0 Å². The third-order valence-electron chi connectivity index (χ3n) is 7.11. The Morgan fingerprint density at radius 3 is 2.59 bits per heavy atom.